The summed E-state index contributed by atoms with van der Waals surface area (Å²) in [7, 11) is 0. The first-order valence-electron chi connectivity index (χ1n) is 6.99. The fourth-order valence-electron chi connectivity index (χ4n) is 2.06. The molecule has 1 aromatic carbocycles. The summed E-state index contributed by atoms with van der Waals surface area (Å²) < 4.78 is 5.75. The Bertz CT molecular complexity index is 569. The lowest BCUT2D eigenvalue weighted by Gasteiger charge is -2.23. The largest absolute Gasteiger partial charge is 0.490 e. The zero-order chi connectivity index (χ0) is 14.8. The van der Waals surface area contributed by atoms with Crippen LogP contribution in [0, 0.1) is 6.92 Å². The van der Waals surface area contributed by atoms with Gasteiger partial charge in [0.15, 0.2) is 0 Å². The van der Waals surface area contributed by atoms with Crippen LogP contribution in [0.1, 0.15) is 26.5 Å². The van der Waals surface area contributed by atoms with E-state index in [1.54, 1.807) is 0 Å². The van der Waals surface area contributed by atoms with Gasteiger partial charge < -0.3 is 20.1 Å². The summed E-state index contributed by atoms with van der Waals surface area (Å²) in [6.45, 7) is 9.04. The Morgan fingerprint density at radius 2 is 2.10 bits per heavy atom. The molecule has 0 saturated heterocycles. The second-order valence-electron chi connectivity index (χ2n) is 6.27. The number of aryl methyl sites for hydroxylation is 1. The lowest BCUT2D eigenvalue weighted by Crippen LogP contribution is -2.42. The molecule has 4 nitrogen and oxygen atoms in total. The van der Waals surface area contributed by atoms with Gasteiger partial charge in [0, 0.05) is 28.7 Å². The molecular formula is C16H24N2O2. The lowest BCUT2D eigenvalue weighted by atomic mass is 10.1. The summed E-state index contributed by atoms with van der Waals surface area (Å²) >= 11 is 0. The molecular weight excluding hydrogens is 252 g/mol. The molecule has 0 aliphatic carbocycles. The van der Waals surface area contributed by atoms with Gasteiger partial charge >= 0.3 is 0 Å². The summed E-state index contributed by atoms with van der Waals surface area (Å²) in [6.07, 6.45) is -0.524. The average Bonchev–Trinajstić information content (AvgIpc) is 2.73. The number of aromatic amines is 1. The molecule has 1 atom stereocenters. The van der Waals surface area contributed by atoms with Crippen LogP contribution in [0.15, 0.2) is 24.3 Å². The van der Waals surface area contributed by atoms with Gasteiger partial charge in [-0.1, -0.05) is 6.07 Å². The van der Waals surface area contributed by atoms with E-state index in [1.807, 2.05) is 25.1 Å². The molecule has 0 unspecified atom stereocenters. The smallest absolute Gasteiger partial charge is 0.128 e. The van der Waals surface area contributed by atoms with Crippen LogP contribution in [0.25, 0.3) is 10.9 Å². The van der Waals surface area contributed by atoms with Gasteiger partial charge in [0.1, 0.15) is 18.5 Å². The third kappa shape index (κ3) is 3.99. The molecule has 0 fully saturated rings. The number of fused-ring (bicyclic) bond motifs is 1. The average molecular weight is 276 g/mol. The summed E-state index contributed by atoms with van der Waals surface area (Å²) in [5.74, 6) is 0.807. The normalized spacial score (nSPS) is 13.7. The number of hydrogen-bond donors (Lipinski definition) is 3. The molecule has 3 N–H and O–H groups in total. The van der Waals surface area contributed by atoms with E-state index in [0.717, 1.165) is 22.3 Å². The van der Waals surface area contributed by atoms with Crippen LogP contribution in [0.5, 0.6) is 5.75 Å². The van der Waals surface area contributed by atoms with Crippen LogP contribution in [0.3, 0.4) is 0 Å². The molecule has 2 rings (SSSR count). The van der Waals surface area contributed by atoms with E-state index in [1.165, 1.54) is 0 Å². The number of hydrogen-bond acceptors (Lipinski definition) is 3. The van der Waals surface area contributed by atoms with Crippen molar-refractivity contribution in [1.82, 2.24) is 10.3 Å². The zero-order valence-electron chi connectivity index (χ0n) is 12.7. The lowest BCUT2D eigenvalue weighted by molar-refractivity contribution is 0.101. The minimum atomic E-state index is -0.524. The highest BCUT2D eigenvalue weighted by Gasteiger charge is 2.13. The topological polar surface area (TPSA) is 57.3 Å². The first-order chi connectivity index (χ1) is 9.35. The highest BCUT2D eigenvalue weighted by molar-refractivity contribution is 5.86. The minimum absolute atomic E-state index is 0.00125. The molecule has 1 aromatic heterocycles. The second kappa shape index (κ2) is 5.85. The number of H-pyrrole nitrogens is 1. The summed E-state index contributed by atoms with van der Waals surface area (Å²) in [6, 6.07) is 7.96. The van der Waals surface area contributed by atoms with E-state index >= 15 is 0 Å². The second-order valence-corrected chi connectivity index (χ2v) is 6.27. The number of benzene rings is 1. The predicted molar refractivity (Wildman–Crippen MR) is 82.3 cm³/mol. The van der Waals surface area contributed by atoms with Crippen molar-refractivity contribution in [3.63, 3.8) is 0 Å². The third-order valence-electron chi connectivity index (χ3n) is 3.06. The minimum Gasteiger partial charge on any atom is -0.490 e. The van der Waals surface area contributed by atoms with E-state index in [-0.39, 0.29) is 12.1 Å². The van der Waals surface area contributed by atoms with Crippen molar-refractivity contribution in [2.24, 2.45) is 0 Å². The Labute approximate surface area is 120 Å². The Morgan fingerprint density at radius 3 is 2.80 bits per heavy atom. The van der Waals surface area contributed by atoms with Gasteiger partial charge in [0.2, 0.25) is 0 Å². The van der Waals surface area contributed by atoms with Gasteiger partial charge in [-0.2, -0.15) is 0 Å². The highest BCUT2D eigenvalue weighted by atomic mass is 16.5. The van der Waals surface area contributed by atoms with Crippen molar-refractivity contribution in [3.8, 4) is 5.75 Å². The fraction of sp³-hybridized carbons (Fsp3) is 0.500. The molecule has 0 amide bonds. The number of aliphatic hydroxyl groups is 1. The Morgan fingerprint density at radius 1 is 1.35 bits per heavy atom. The molecule has 4 heteroatoms. The van der Waals surface area contributed by atoms with E-state index in [2.05, 4.69) is 37.1 Å². The predicted octanol–water partition coefficient (Wildman–Crippen LogP) is 2.60. The summed E-state index contributed by atoms with van der Waals surface area (Å²) in [5, 5.41) is 14.3. The van der Waals surface area contributed by atoms with Crippen LogP contribution >= 0.6 is 0 Å². The maximum atomic E-state index is 9.96. The van der Waals surface area contributed by atoms with Crippen LogP contribution in [-0.4, -0.2) is 34.9 Å². The molecule has 0 spiro atoms. The van der Waals surface area contributed by atoms with Gasteiger partial charge in [-0.25, -0.2) is 0 Å². The quantitative estimate of drug-likeness (QED) is 0.787. The zero-order valence-corrected chi connectivity index (χ0v) is 12.7. The van der Waals surface area contributed by atoms with Crippen molar-refractivity contribution in [1.29, 1.82) is 0 Å². The summed E-state index contributed by atoms with van der Waals surface area (Å²) in [4.78, 5) is 3.28. The van der Waals surface area contributed by atoms with Crippen molar-refractivity contribution < 1.29 is 9.84 Å². The Hall–Kier alpha value is -1.52. The number of ether oxygens (including phenoxy) is 1. The van der Waals surface area contributed by atoms with Gasteiger partial charge in [-0.05, 0) is 45.9 Å². The fourth-order valence-corrected chi connectivity index (χ4v) is 2.06. The van der Waals surface area contributed by atoms with Crippen LogP contribution < -0.4 is 10.1 Å². The van der Waals surface area contributed by atoms with Crippen molar-refractivity contribution in [2.75, 3.05) is 13.2 Å². The number of nitrogens with one attached hydrogen (secondary N) is 2. The monoisotopic (exact) mass is 276 g/mol. The van der Waals surface area contributed by atoms with Crippen LogP contribution in [0.4, 0.5) is 0 Å². The maximum Gasteiger partial charge on any atom is 0.128 e. The van der Waals surface area contributed by atoms with E-state index in [0.29, 0.717) is 6.54 Å². The van der Waals surface area contributed by atoms with Gasteiger partial charge in [-0.3, -0.25) is 0 Å². The number of aliphatic hydroxyl groups excluding tert-OH is 1. The van der Waals surface area contributed by atoms with Crippen molar-refractivity contribution in [2.45, 2.75) is 39.3 Å². The Balaban J connectivity index is 1.95. The van der Waals surface area contributed by atoms with Crippen LogP contribution in [0.2, 0.25) is 0 Å². The van der Waals surface area contributed by atoms with E-state index in [9.17, 15) is 5.11 Å². The van der Waals surface area contributed by atoms with E-state index < -0.39 is 6.10 Å². The summed E-state index contributed by atoms with van der Waals surface area (Å²) in [5.41, 5.74) is 2.16. The van der Waals surface area contributed by atoms with Gasteiger partial charge in [0.25, 0.3) is 0 Å². The molecule has 20 heavy (non-hydrogen) atoms. The van der Waals surface area contributed by atoms with Crippen molar-refractivity contribution in [3.05, 3.63) is 30.0 Å². The number of β-amino-alcohol motifs (C(OH)–C–C–N with tert-alkyl or cyclic N) is 1. The number of aromatic nitrogens is 1. The number of rotatable bonds is 5. The first-order valence-corrected chi connectivity index (χ1v) is 6.99. The third-order valence-corrected chi connectivity index (χ3v) is 3.06. The molecule has 0 saturated carbocycles. The van der Waals surface area contributed by atoms with E-state index in [4.69, 9.17) is 4.74 Å². The SMILES string of the molecule is Cc1cc2c(OC[C@@H](O)CNC(C)(C)C)cccc2[nH]1. The molecule has 2 aromatic rings. The highest BCUT2D eigenvalue weighted by Crippen LogP contribution is 2.26. The first kappa shape index (κ1) is 14.9. The molecule has 0 aliphatic rings. The van der Waals surface area contributed by atoms with Crippen molar-refractivity contribution >= 4 is 10.9 Å². The molecule has 0 aliphatic heterocycles. The van der Waals surface area contributed by atoms with Crippen LogP contribution in [-0.2, 0) is 0 Å². The standard InChI is InChI=1S/C16H24N2O2/c1-11-8-13-14(18-11)6-5-7-15(13)20-10-12(19)9-17-16(2,3)4/h5-8,12,17-19H,9-10H2,1-4H3/t12-/m0/s1. The molecule has 1 heterocycles. The Kier molecular flexibility index (Phi) is 4.35. The molecule has 110 valence electrons. The molecule has 0 radical (unpaired) electrons. The van der Waals surface area contributed by atoms with Gasteiger partial charge in [0.05, 0.1) is 0 Å². The molecule has 0 bridgehead atoms. The van der Waals surface area contributed by atoms with Gasteiger partial charge in [-0.15, -0.1) is 0 Å². The maximum absolute atomic E-state index is 9.96.